The monoisotopic (exact) mass is 458 g/mol. The molecule has 0 fully saturated rings. The Bertz CT molecular complexity index is 1290. The fraction of sp³-hybridized carbons (Fsp3) is 0.0714. The lowest BCUT2D eigenvalue weighted by molar-refractivity contribution is 0.102. The van der Waals surface area contributed by atoms with Crippen LogP contribution in [0.15, 0.2) is 84.9 Å². The van der Waals surface area contributed by atoms with Gasteiger partial charge < -0.3 is 9.47 Å². The Kier molecular flexibility index (Phi) is 6.50. The molecule has 4 aromatic rings. The van der Waals surface area contributed by atoms with E-state index in [9.17, 15) is 18.4 Å². The van der Waals surface area contributed by atoms with Crippen molar-refractivity contribution < 1.29 is 27.8 Å². The Morgan fingerprint density at radius 1 is 0.588 bits per heavy atom. The second-order valence-electron chi connectivity index (χ2n) is 7.50. The van der Waals surface area contributed by atoms with Gasteiger partial charge in [0.15, 0.2) is 11.6 Å². The largest absolute Gasteiger partial charge is 0.497 e. The molecule has 0 aromatic heterocycles. The van der Waals surface area contributed by atoms with Crippen molar-refractivity contribution in [2.45, 2.75) is 0 Å². The molecule has 4 nitrogen and oxygen atoms in total. The number of hydrogen-bond donors (Lipinski definition) is 0. The van der Waals surface area contributed by atoms with Crippen molar-refractivity contribution in [1.29, 1.82) is 0 Å². The Morgan fingerprint density at radius 2 is 1.00 bits per heavy atom. The summed E-state index contributed by atoms with van der Waals surface area (Å²) in [6, 6.07) is 20.5. The van der Waals surface area contributed by atoms with Crippen LogP contribution in [0, 0.1) is 11.6 Å². The first-order valence-electron chi connectivity index (χ1n) is 10.4. The summed E-state index contributed by atoms with van der Waals surface area (Å²) in [4.78, 5) is 26.8. The van der Waals surface area contributed by atoms with E-state index in [1.54, 1.807) is 36.4 Å². The Balaban J connectivity index is 1.93. The molecule has 170 valence electrons. The van der Waals surface area contributed by atoms with Gasteiger partial charge in [0.1, 0.15) is 23.1 Å². The topological polar surface area (TPSA) is 52.6 Å². The van der Waals surface area contributed by atoms with E-state index in [2.05, 4.69) is 0 Å². The fourth-order valence-electron chi connectivity index (χ4n) is 3.72. The molecule has 0 aliphatic rings. The summed E-state index contributed by atoms with van der Waals surface area (Å²) in [6.07, 6.45) is 0. The van der Waals surface area contributed by atoms with Gasteiger partial charge in [0.05, 0.1) is 14.2 Å². The lowest BCUT2D eigenvalue weighted by Gasteiger charge is -2.16. The number of methoxy groups -OCH3 is 2. The molecule has 0 amide bonds. The summed E-state index contributed by atoms with van der Waals surface area (Å²) in [5.74, 6) is -1.10. The molecule has 4 aromatic carbocycles. The van der Waals surface area contributed by atoms with Crippen LogP contribution in [0.1, 0.15) is 31.8 Å². The second-order valence-corrected chi connectivity index (χ2v) is 7.50. The minimum Gasteiger partial charge on any atom is -0.497 e. The first-order chi connectivity index (χ1) is 16.4. The van der Waals surface area contributed by atoms with Gasteiger partial charge in [0.25, 0.3) is 0 Å². The molecule has 0 atom stereocenters. The van der Waals surface area contributed by atoms with Gasteiger partial charge in [-0.25, -0.2) is 8.78 Å². The highest BCUT2D eigenvalue weighted by Crippen LogP contribution is 2.34. The SMILES string of the molecule is COc1ccc(-c2ccc(OC)cc2C(=O)c2cccc(F)c2)c(C(=O)c2cccc(F)c2)c1. The Hall–Kier alpha value is -4.32. The van der Waals surface area contributed by atoms with Gasteiger partial charge in [0, 0.05) is 22.3 Å². The second kappa shape index (κ2) is 9.67. The zero-order valence-electron chi connectivity index (χ0n) is 18.5. The van der Waals surface area contributed by atoms with E-state index in [4.69, 9.17) is 9.47 Å². The fourth-order valence-corrected chi connectivity index (χ4v) is 3.72. The Labute approximate surface area is 195 Å². The maximum absolute atomic E-state index is 13.8. The van der Waals surface area contributed by atoms with Gasteiger partial charge in [-0.1, -0.05) is 24.3 Å². The number of ketones is 2. The van der Waals surface area contributed by atoms with Crippen molar-refractivity contribution >= 4 is 11.6 Å². The summed E-state index contributed by atoms with van der Waals surface area (Å²) in [6.45, 7) is 0. The lowest BCUT2D eigenvalue weighted by atomic mass is 9.88. The van der Waals surface area contributed by atoms with Crippen molar-refractivity contribution in [3.05, 3.63) is 119 Å². The van der Waals surface area contributed by atoms with Crippen LogP contribution in [-0.2, 0) is 0 Å². The van der Waals surface area contributed by atoms with E-state index in [0.717, 1.165) is 12.1 Å². The smallest absolute Gasteiger partial charge is 0.193 e. The quantitative estimate of drug-likeness (QED) is 0.314. The standard InChI is InChI=1S/C28H20F2O4/c1-33-21-9-11-23(25(15-21)27(31)17-5-3-7-19(29)13-17)24-12-10-22(34-2)16-26(24)28(32)18-6-4-8-20(30)14-18/h3-16H,1-2H3. The van der Waals surface area contributed by atoms with Gasteiger partial charge in [-0.2, -0.15) is 0 Å². The van der Waals surface area contributed by atoms with Crippen molar-refractivity contribution in [3.63, 3.8) is 0 Å². The number of rotatable bonds is 7. The molecule has 0 saturated carbocycles. The number of carbonyl (C=O) groups is 2. The molecule has 0 aliphatic heterocycles. The average molecular weight is 458 g/mol. The maximum Gasteiger partial charge on any atom is 0.193 e. The van der Waals surface area contributed by atoms with Crippen molar-refractivity contribution in [1.82, 2.24) is 0 Å². The number of halogens is 2. The molecule has 34 heavy (non-hydrogen) atoms. The number of hydrogen-bond acceptors (Lipinski definition) is 4. The highest BCUT2D eigenvalue weighted by atomic mass is 19.1. The van der Waals surface area contributed by atoms with Gasteiger partial charge in [-0.3, -0.25) is 9.59 Å². The van der Waals surface area contributed by atoms with Crippen LogP contribution in [0.25, 0.3) is 11.1 Å². The lowest BCUT2D eigenvalue weighted by Crippen LogP contribution is -2.08. The third-order valence-corrected chi connectivity index (χ3v) is 5.41. The molecule has 0 N–H and O–H groups in total. The van der Waals surface area contributed by atoms with E-state index >= 15 is 0 Å². The van der Waals surface area contributed by atoms with Crippen LogP contribution in [0.5, 0.6) is 11.5 Å². The maximum atomic E-state index is 13.8. The van der Waals surface area contributed by atoms with Gasteiger partial charge in [-0.05, 0) is 71.8 Å². The van der Waals surface area contributed by atoms with Crippen molar-refractivity contribution in [2.24, 2.45) is 0 Å². The minimum atomic E-state index is -0.540. The summed E-state index contributed by atoms with van der Waals surface area (Å²) in [5.41, 5.74) is 1.64. The van der Waals surface area contributed by atoms with Gasteiger partial charge >= 0.3 is 0 Å². The van der Waals surface area contributed by atoms with Crippen molar-refractivity contribution in [3.8, 4) is 22.6 Å². The molecular weight excluding hydrogens is 438 g/mol. The van der Waals surface area contributed by atoms with Crippen LogP contribution in [0.4, 0.5) is 8.78 Å². The number of carbonyl (C=O) groups excluding carboxylic acids is 2. The molecule has 0 unspecified atom stereocenters. The predicted molar refractivity (Wildman–Crippen MR) is 125 cm³/mol. The van der Waals surface area contributed by atoms with Crippen LogP contribution < -0.4 is 9.47 Å². The number of ether oxygens (including phenoxy) is 2. The molecular formula is C28H20F2O4. The molecule has 6 heteroatoms. The van der Waals surface area contributed by atoms with E-state index in [-0.39, 0.29) is 22.3 Å². The summed E-state index contributed by atoms with van der Waals surface area (Å²) < 4.78 is 38.2. The summed E-state index contributed by atoms with van der Waals surface area (Å²) in [7, 11) is 2.94. The van der Waals surface area contributed by atoms with Crippen LogP contribution in [-0.4, -0.2) is 25.8 Å². The third-order valence-electron chi connectivity index (χ3n) is 5.41. The first-order valence-corrected chi connectivity index (χ1v) is 10.4. The minimum absolute atomic E-state index is 0.154. The van der Waals surface area contributed by atoms with Gasteiger partial charge in [-0.15, -0.1) is 0 Å². The summed E-state index contributed by atoms with van der Waals surface area (Å²) >= 11 is 0. The third kappa shape index (κ3) is 4.57. The van der Waals surface area contributed by atoms with Crippen LogP contribution in [0.3, 0.4) is 0 Å². The zero-order chi connectivity index (χ0) is 24.2. The molecule has 4 rings (SSSR count). The molecule has 0 bridgehead atoms. The molecule has 0 saturated heterocycles. The highest BCUT2D eigenvalue weighted by molar-refractivity contribution is 6.17. The van der Waals surface area contributed by atoms with Crippen LogP contribution >= 0.6 is 0 Å². The predicted octanol–water partition coefficient (Wildman–Crippen LogP) is 6.11. The van der Waals surface area contributed by atoms with E-state index in [1.165, 1.54) is 50.6 Å². The average Bonchev–Trinajstić information content (AvgIpc) is 2.87. The van der Waals surface area contributed by atoms with Gasteiger partial charge in [0.2, 0.25) is 0 Å². The summed E-state index contributed by atoms with van der Waals surface area (Å²) in [5, 5.41) is 0. The molecule has 0 spiro atoms. The van der Waals surface area contributed by atoms with Crippen LogP contribution in [0.2, 0.25) is 0 Å². The van der Waals surface area contributed by atoms with E-state index < -0.39 is 23.2 Å². The van der Waals surface area contributed by atoms with E-state index in [0.29, 0.717) is 22.6 Å². The molecule has 0 radical (unpaired) electrons. The zero-order valence-corrected chi connectivity index (χ0v) is 18.5. The van der Waals surface area contributed by atoms with E-state index in [1.807, 2.05) is 0 Å². The molecule has 0 heterocycles. The normalized spacial score (nSPS) is 10.6. The van der Waals surface area contributed by atoms with Crippen molar-refractivity contribution in [2.75, 3.05) is 14.2 Å². The molecule has 0 aliphatic carbocycles. The highest BCUT2D eigenvalue weighted by Gasteiger charge is 2.22. The number of benzene rings is 4. The Morgan fingerprint density at radius 3 is 1.35 bits per heavy atom. The first kappa shape index (κ1) is 22.9.